The molecule has 2 heteroatoms. The van der Waals surface area contributed by atoms with Gasteiger partial charge >= 0.3 is 0 Å². The summed E-state index contributed by atoms with van der Waals surface area (Å²) in [5.41, 5.74) is 0. The van der Waals surface area contributed by atoms with Gasteiger partial charge in [0.2, 0.25) is 0 Å². The zero-order valence-corrected chi connectivity index (χ0v) is 4.46. The van der Waals surface area contributed by atoms with Crippen LogP contribution in [0.15, 0.2) is 4.99 Å². The molecular weight excluding hydrogens is 88.1 g/mol. The molecule has 0 N–H and O–H groups in total. The van der Waals surface area contributed by atoms with Crippen molar-refractivity contribution in [3.63, 3.8) is 0 Å². The van der Waals surface area contributed by atoms with Crippen LogP contribution in [0.4, 0.5) is 0 Å². The lowest BCUT2D eigenvalue weighted by atomic mass is 10.2. The van der Waals surface area contributed by atoms with Gasteiger partial charge in [0.25, 0.3) is 0 Å². The lowest BCUT2D eigenvalue weighted by Gasteiger charge is -2.06. The lowest BCUT2D eigenvalue weighted by Crippen LogP contribution is -2.00. The molecule has 1 atom stereocenters. The van der Waals surface area contributed by atoms with Gasteiger partial charge in [-0.1, -0.05) is 13.3 Å². The smallest absolute Gasteiger partial charge is 0.0403 e. The van der Waals surface area contributed by atoms with Crippen LogP contribution in [-0.2, 0) is 0 Å². The summed E-state index contributed by atoms with van der Waals surface area (Å²) in [6, 6.07) is 0.500. The van der Waals surface area contributed by atoms with Crippen LogP contribution in [0.5, 0.6) is 0 Å². The van der Waals surface area contributed by atoms with Crippen LogP contribution in [-0.4, -0.2) is 18.9 Å². The molecule has 2 nitrogen and oxygen atoms in total. The maximum absolute atomic E-state index is 4.06. The molecule has 1 aliphatic heterocycles. The Bertz CT molecular complexity index is 78.1. The first-order chi connectivity index (χ1) is 3.43. The summed E-state index contributed by atoms with van der Waals surface area (Å²) < 4.78 is 0. The van der Waals surface area contributed by atoms with Gasteiger partial charge in [0, 0.05) is 0 Å². The number of hydrogen-bond donors (Lipinski definition) is 0. The second-order valence-electron chi connectivity index (χ2n) is 1.69. The summed E-state index contributed by atoms with van der Waals surface area (Å²) in [4.78, 5) is 4.06. The average molecular weight is 97.1 g/mol. The van der Waals surface area contributed by atoms with E-state index < -0.39 is 0 Å². The van der Waals surface area contributed by atoms with Gasteiger partial charge in [0.15, 0.2) is 0 Å². The van der Waals surface area contributed by atoms with Crippen molar-refractivity contribution >= 4 is 6.34 Å². The Balaban J connectivity index is 2.28. The van der Waals surface area contributed by atoms with E-state index in [1.165, 1.54) is 0 Å². The largest absolute Gasteiger partial charge is 0.472 e. The molecule has 0 spiro atoms. The highest BCUT2D eigenvalue weighted by Gasteiger charge is 1.93. The molecule has 0 aromatic rings. The summed E-state index contributed by atoms with van der Waals surface area (Å²) in [6.07, 6.45) is 2.79. The summed E-state index contributed by atoms with van der Waals surface area (Å²) in [5.74, 6) is 0. The molecule has 40 valence electrons. The predicted octanol–water partition coefficient (Wildman–Crippen LogP) is 1.18. The molecule has 0 fully saturated rings. The minimum atomic E-state index is 0.500. The van der Waals surface area contributed by atoms with Crippen molar-refractivity contribution in [2.45, 2.75) is 19.4 Å². The summed E-state index contributed by atoms with van der Waals surface area (Å²) >= 11 is 0. The third-order valence-electron chi connectivity index (χ3n) is 1.15. The molecular formula is C5H9N2-. The molecule has 1 aliphatic rings. The van der Waals surface area contributed by atoms with Gasteiger partial charge in [0.05, 0.1) is 0 Å². The van der Waals surface area contributed by atoms with Crippen molar-refractivity contribution in [3.05, 3.63) is 5.32 Å². The molecule has 0 aromatic carbocycles. The second kappa shape index (κ2) is 1.96. The first-order valence-electron chi connectivity index (χ1n) is 2.61. The van der Waals surface area contributed by atoms with Crippen LogP contribution in [0.1, 0.15) is 13.3 Å². The SMILES string of the molecule is CCC1C[N-]C=N1. The molecule has 0 amide bonds. The fourth-order valence-corrected chi connectivity index (χ4v) is 0.592. The standard InChI is InChI=1S/C5H9N2/c1-2-5-3-6-4-7-5/h4-5H,2-3H2,1H3/q-1. The minimum Gasteiger partial charge on any atom is -0.472 e. The Morgan fingerprint density at radius 3 is 3.14 bits per heavy atom. The van der Waals surface area contributed by atoms with Crippen LogP contribution >= 0.6 is 0 Å². The van der Waals surface area contributed by atoms with Crippen LogP contribution in [0, 0.1) is 0 Å². The third-order valence-corrected chi connectivity index (χ3v) is 1.15. The number of aliphatic imine (C=N–C) groups is 1. The molecule has 1 rings (SSSR count). The van der Waals surface area contributed by atoms with Crippen molar-refractivity contribution in [1.82, 2.24) is 0 Å². The third kappa shape index (κ3) is 0.918. The monoisotopic (exact) mass is 97.1 g/mol. The van der Waals surface area contributed by atoms with E-state index in [0.29, 0.717) is 6.04 Å². The Labute approximate surface area is 43.6 Å². The van der Waals surface area contributed by atoms with Crippen molar-refractivity contribution in [1.29, 1.82) is 0 Å². The maximum Gasteiger partial charge on any atom is -0.0403 e. The molecule has 0 saturated carbocycles. The molecule has 1 unspecified atom stereocenters. The topological polar surface area (TPSA) is 26.5 Å². The predicted molar refractivity (Wildman–Crippen MR) is 30.8 cm³/mol. The van der Waals surface area contributed by atoms with Crippen LogP contribution < -0.4 is 0 Å². The van der Waals surface area contributed by atoms with E-state index in [4.69, 9.17) is 0 Å². The first kappa shape index (κ1) is 4.62. The number of rotatable bonds is 1. The van der Waals surface area contributed by atoms with E-state index in [0.717, 1.165) is 13.0 Å². The van der Waals surface area contributed by atoms with E-state index >= 15 is 0 Å². The number of hydrogen-bond acceptors (Lipinski definition) is 1. The minimum absolute atomic E-state index is 0.500. The van der Waals surface area contributed by atoms with Crippen molar-refractivity contribution < 1.29 is 0 Å². The molecule has 0 radical (unpaired) electrons. The highest BCUT2D eigenvalue weighted by molar-refractivity contribution is 5.73. The molecule has 1 heterocycles. The Morgan fingerprint density at radius 2 is 2.86 bits per heavy atom. The highest BCUT2D eigenvalue weighted by atomic mass is 15.0. The van der Waals surface area contributed by atoms with E-state index in [1.54, 1.807) is 6.34 Å². The van der Waals surface area contributed by atoms with Gasteiger partial charge in [-0.15, -0.1) is 6.34 Å². The average Bonchev–Trinajstić information content (AvgIpc) is 2.14. The number of nitrogens with zero attached hydrogens (tertiary/aromatic N) is 2. The highest BCUT2D eigenvalue weighted by Crippen LogP contribution is 2.05. The Hall–Kier alpha value is -0.530. The van der Waals surface area contributed by atoms with Gasteiger partial charge in [-0.05, 0) is 12.6 Å². The molecule has 0 aliphatic carbocycles. The maximum atomic E-state index is 4.06. The second-order valence-corrected chi connectivity index (χ2v) is 1.69. The fraction of sp³-hybridized carbons (Fsp3) is 0.800. The Morgan fingerprint density at radius 1 is 2.00 bits per heavy atom. The van der Waals surface area contributed by atoms with E-state index in [2.05, 4.69) is 17.2 Å². The van der Waals surface area contributed by atoms with Crippen molar-refractivity contribution in [2.24, 2.45) is 4.99 Å². The first-order valence-corrected chi connectivity index (χ1v) is 2.61. The lowest BCUT2D eigenvalue weighted by molar-refractivity contribution is 0.718. The Kier molecular flexibility index (Phi) is 1.29. The van der Waals surface area contributed by atoms with E-state index in [-0.39, 0.29) is 0 Å². The molecule has 0 aromatic heterocycles. The van der Waals surface area contributed by atoms with Gasteiger partial charge in [-0.25, -0.2) is 0 Å². The summed E-state index contributed by atoms with van der Waals surface area (Å²) in [7, 11) is 0. The molecule has 0 saturated heterocycles. The van der Waals surface area contributed by atoms with Gasteiger partial charge < -0.3 is 10.3 Å². The molecule has 0 bridgehead atoms. The van der Waals surface area contributed by atoms with Gasteiger partial charge in [0.1, 0.15) is 0 Å². The van der Waals surface area contributed by atoms with Crippen LogP contribution in [0.3, 0.4) is 0 Å². The van der Waals surface area contributed by atoms with E-state index in [1.807, 2.05) is 0 Å². The fourth-order valence-electron chi connectivity index (χ4n) is 0.592. The van der Waals surface area contributed by atoms with Crippen LogP contribution in [0.25, 0.3) is 5.32 Å². The van der Waals surface area contributed by atoms with E-state index in [9.17, 15) is 0 Å². The van der Waals surface area contributed by atoms with Crippen molar-refractivity contribution in [3.8, 4) is 0 Å². The van der Waals surface area contributed by atoms with Crippen LogP contribution in [0.2, 0.25) is 0 Å². The quantitative estimate of drug-likeness (QED) is 0.469. The summed E-state index contributed by atoms with van der Waals surface area (Å²) in [5, 5.41) is 3.94. The molecule has 7 heavy (non-hydrogen) atoms. The zero-order chi connectivity index (χ0) is 5.11. The normalized spacial score (nSPS) is 27.9. The summed E-state index contributed by atoms with van der Waals surface area (Å²) in [6.45, 7) is 3.04. The van der Waals surface area contributed by atoms with Crippen molar-refractivity contribution in [2.75, 3.05) is 6.54 Å². The van der Waals surface area contributed by atoms with Gasteiger partial charge in [-0.2, -0.15) is 0 Å². The van der Waals surface area contributed by atoms with Gasteiger partial charge in [-0.3, -0.25) is 0 Å². The zero-order valence-electron chi connectivity index (χ0n) is 4.46.